The number of amides is 1. The molecule has 2 bridgehead atoms. The van der Waals surface area contributed by atoms with Gasteiger partial charge in [0.15, 0.2) is 0 Å². The van der Waals surface area contributed by atoms with Crippen LogP contribution in [0.15, 0.2) is 42.5 Å². The first-order chi connectivity index (χ1) is 14.7. The first-order valence-electron chi connectivity index (χ1n) is 11.6. The molecule has 6 rings (SSSR count). The Morgan fingerprint density at radius 1 is 1.10 bits per heavy atom. The zero-order valence-corrected chi connectivity index (χ0v) is 17.9. The zero-order valence-electron chi connectivity index (χ0n) is 17.9. The molecule has 158 valence electrons. The molecule has 4 heteroatoms. The Hall–Kier alpha value is -2.33. The quantitative estimate of drug-likeness (QED) is 0.770. The normalized spacial score (nSPS) is 27.4. The van der Waals surface area contributed by atoms with Crippen LogP contribution in [-0.2, 0) is 17.6 Å². The number of aryl methyl sites for hydroxylation is 2. The van der Waals surface area contributed by atoms with Crippen LogP contribution in [-0.4, -0.2) is 36.7 Å². The largest absolute Gasteiger partial charge is 0.445 e. The van der Waals surface area contributed by atoms with Gasteiger partial charge < -0.3 is 10.1 Å². The smallest absolute Gasteiger partial charge is 0.407 e. The summed E-state index contributed by atoms with van der Waals surface area (Å²) in [5.74, 6) is 0.542. The van der Waals surface area contributed by atoms with Crippen molar-refractivity contribution in [1.29, 1.82) is 0 Å². The van der Waals surface area contributed by atoms with Crippen LogP contribution in [0.4, 0.5) is 4.79 Å². The minimum Gasteiger partial charge on any atom is -0.445 e. The monoisotopic (exact) mass is 404 g/mol. The van der Waals surface area contributed by atoms with Gasteiger partial charge in [0.2, 0.25) is 0 Å². The van der Waals surface area contributed by atoms with Crippen LogP contribution >= 0.6 is 0 Å². The van der Waals surface area contributed by atoms with E-state index in [1.807, 2.05) is 0 Å². The number of carbonyl (C=O) groups excluding carboxylic acids is 1. The highest BCUT2D eigenvalue weighted by Crippen LogP contribution is 2.34. The van der Waals surface area contributed by atoms with Gasteiger partial charge in [-0.1, -0.05) is 49.4 Å². The lowest BCUT2D eigenvalue weighted by Crippen LogP contribution is -2.52. The molecule has 1 N–H and O–H groups in total. The molecule has 4 nitrogen and oxygen atoms in total. The summed E-state index contributed by atoms with van der Waals surface area (Å²) >= 11 is 0. The molecule has 2 aromatic carbocycles. The highest BCUT2D eigenvalue weighted by Gasteiger charge is 2.37. The molecule has 1 amide bonds. The summed E-state index contributed by atoms with van der Waals surface area (Å²) in [6.45, 7) is 5.41. The number of hydrogen-bond donors (Lipinski definition) is 1. The van der Waals surface area contributed by atoms with Gasteiger partial charge in [0.25, 0.3) is 0 Å². The molecule has 0 spiro atoms. The molecular weight excluding hydrogens is 372 g/mol. The Balaban J connectivity index is 1.28. The van der Waals surface area contributed by atoms with Gasteiger partial charge in [0, 0.05) is 6.54 Å². The number of hydrogen-bond acceptors (Lipinski definition) is 3. The molecule has 3 saturated heterocycles. The van der Waals surface area contributed by atoms with E-state index in [0.717, 1.165) is 58.2 Å². The molecular formula is C26H32N2O2. The average molecular weight is 405 g/mol. The number of alkyl carbamates (subject to hydrolysis) is 1. The standard InChI is InChI=1S/C26H32N2O2/c1-2-18-5-3-6-20(15-18)21-9-10-23-22(16-21)7-4-8-24(23)27-26(29)30-25-17-28-13-11-19(25)12-14-28/h3,5-6,9-10,15-16,19,24-25H,2,4,7-8,11-14,17H2,1H3,(H,27,29)/t24?,25-/m1/s1. The summed E-state index contributed by atoms with van der Waals surface area (Å²) in [6.07, 6.45) is 6.33. The maximum absolute atomic E-state index is 12.7. The molecule has 3 aliphatic heterocycles. The molecule has 0 radical (unpaired) electrons. The third-order valence-electron chi connectivity index (χ3n) is 7.27. The molecule has 2 aromatic rings. The number of nitrogens with one attached hydrogen (secondary N) is 1. The number of ether oxygens (including phenoxy) is 1. The highest BCUT2D eigenvalue weighted by molar-refractivity contribution is 5.69. The third kappa shape index (κ3) is 3.98. The number of carbonyl (C=O) groups is 1. The van der Waals surface area contributed by atoms with Crippen molar-refractivity contribution < 1.29 is 9.53 Å². The fourth-order valence-corrected chi connectivity index (χ4v) is 5.47. The van der Waals surface area contributed by atoms with Crippen LogP contribution in [0.3, 0.4) is 0 Å². The summed E-state index contributed by atoms with van der Waals surface area (Å²) in [5, 5.41) is 3.18. The minimum atomic E-state index is -0.244. The van der Waals surface area contributed by atoms with E-state index < -0.39 is 0 Å². The van der Waals surface area contributed by atoms with Crippen molar-refractivity contribution >= 4 is 6.09 Å². The van der Waals surface area contributed by atoms with Crippen molar-refractivity contribution in [3.8, 4) is 11.1 Å². The molecule has 1 aliphatic carbocycles. The molecule has 30 heavy (non-hydrogen) atoms. The number of rotatable bonds is 4. The second-order valence-corrected chi connectivity index (χ2v) is 9.14. The number of fused-ring (bicyclic) bond motifs is 4. The summed E-state index contributed by atoms with van der Waals surface area (Å²) in [4.78, 5) is 15.1. The van der Waals surface area contributed by atoms with Gasteiger partial charge in [0.05, 0.1) is 6.04 Å². The Morgan fingerprint density at radius 3 is 2.70 bits per heavy atom. The predicted octanol–water partition coefficient (Wildman–Crippen LogP) is 5.11. The van der Waals surface area contributed by atoms with Crippen molar-refractivity contribution in [2.75, 3.05) is 19.6 Å². The second-order valence-electron chi connectivity index (χ2n) is 9.14. The SMILES string of the molecule is CCc1cccc(-c2ccc3c(c2)CCCC3NC(=O)O[C@@H]2CN3CCC2CC3)c1. The van der Waals surface area contributed by atoms with Gasteiger partial charge in [-0.15, -0.1) is 0 Å². The average Bonchev–Trinajstić information content (AvgIpc) is 2.80. The van der Waals surface area contributed by atoms with E-state index in [2.05, 4.69) is 59.6 Å². The van der Waals surface area contributed by atoms with Crippen molar-refractivity contribution in [2.45, 2.75) is 57.6 Å². The number of benzene rings is 2. The maximum atomic E-state index is 12.7. The van der Waals surface area contributed by atoms with Crippen molar-refractivity contribution in [3.05, 3.63) is 59.2 Å². The van der Waals surface area contributed by atoms with Crippen LogP contribution in [0.1, 0.15) is 55.3 Å². The van der Waals surface area contributed by atoms with Gasteiger partial charge in [-0.2, -0.15) is 0 Å². The molecule has 0 saturated carbocycles. The van der Waals surface area contributed by atoms with Crippen LogP contribution < -0.4 is 5.32 Å². The molecule has 0 aromatic heterocycles. The lowest BCUT2D eigenvalue weighted by Gasteiger charge is -2.44. The van der Waals surface area contributed by atoms with Crippen molar-refractivity contribution in [2.24, 2.45) is 5.92 Å². The van der Waals surface area contributed by atoms with Crippen LogP contribution in [0.2, 0.25) is 0 Å². The van der Waals surface area contributed by atoms with E-state index in [9.17, 15) is 4.79 Å². The van der Waals surface area contributed by atoms with Gasteiger partial charge in [-0.25, -0.2) is 4.79 Å². The Labute approximate surface area is 179 Å². The molecule has 2 atom stereocenters. The van der Waals surface area contributed by atoms with Gasteiger partial charge in [-0.3, -0.25) is 4.90 Å². The van der Waals surface area contributed by atoms with Crippen molar-refractivity contribution in [3.63, 3.8) is 0 Å². The van der Waals surface area contributed by atoms with Crippen molar-refractivity contribution in [1.82, 2.24) is 10.2 Å². The maximum Gasteiger partial charge on any atom is 0.407 e. The first kappa shape index (κ1) is 19.6. The fourth-order valence-electron chi connectivity index (χ4n) is 5.47. The summed E-state index contributed by atoms with van der Waals surface area (Å²) in [6, 6.07) is 15.6. The van der Waals surface area contributed by atoms with Crippen LogP contribution in [0, 0.1) is 5.92 Å². The van der Waals surface area contributed by atoms with E-state index in [4.69, 9.17) is 4.74 Å². The molecule has 3 heterocycles. The van der Waals surface area contributed by atoms with E-state index in [1.54, 1.807) is 0 Å². The lowest BCUT2D eigenvalue weighted by molar-refractivity contribution is -0.0340. The molecule has 3 fully saturated rings. The highest BCUT2D eigenvalue weighted by atomic mass is 16.6. The van der Waals surface area contributed by atoms with E-state index in [0.29, 0.717) is 5.92 Å². The molecule has 1 unspecified atom stereocenters. The van der Waals surface area contributed by atoms with Gasteiger partial charge in [0.1, 0.15) is 6.10 Å². The Bertz CT molecular complexity index is 917. The summed E-state index contributed by atoms with van der Waals surface area (Å²) in [5.41, 5.74) is 6.50. The van der Waals surface area contributed by atoms with Gasteiger partial charge in [-0.05, 0) is 85.3 Å². The molecule has 4 aliphatic rings. The van der Waals surface area contributed by atoms with E-state index in [-0.39, 0.29) is 18.2 Å². The second kappa shape index (κ2) is 8.43. The number of piperidine rings is 3. The predicted molar refractivity (Wildman–Crippen MR) is 120 cm³/mol. The zero-order chi connectivity index (χ0) is 20.5. The van der Waals surface area contributed by atoms with Crippen LogP contribution in [0.25, 0.3) is 11.1 Å². The minimum absolute atomic E-state index is 0.0540. The first-order valence-corrected chi connectivity index (χ1v) is 11.6. The lowest BCUT2D eigenvalue weighted by atomic mass is 9.85. The van der Waals surface area contributed by atoms with Crippen LogP contribution in [0.5, 0.6) is 0 Å². The number of nitrogens with zero attached hydrogens (tertiary/aromatic N) is 1. The topological polar surface area (TPSA) is 41.6 Å². The van der Waals surface area contributed by atoms with Gasteiger partial charge >= 0.3 is 6.09 Å². The van der Waals surface area contributed by atoms with E-state index in [1.165, 1.54) is 27.8 Å². The summed E-state index contributed by atoms with van der Waals surface area (Å²) in [7, 11) is 0. The summed E-state index contributed by atoms with van der Waals surface area (Å²) < 4.78 is 5.87. The fraction of sp³-hybridized carbons (Fsp3) is 0.500. The third-order valence-corrected chi connectivity index (χ3v) is 7.27. The van der Waals surface area contributed by atoms with E-state index >= 15 is 0 Å². The Kier molecular flexibility index (Phi) is 5.51. The Morgan fingerprint density at radius 2 is 1.93 bits per heavy atom.